The Bertz CT molecular complexity index is 675. The van der Waals surface area contributed by atoms with E-state index >= 15 is 0 Å². The minimum absolute atomic E-state index is 0.487. The van der Waals surface area contributed by atoms with Gasteiger partial charge in [0.2, 0.25) is 0 Å². The van der Waals surface area contributed by atoms with Gasteiger partial charge >= 0.3 is 0 Å². The molecule has 0 bridgehead atoms. The summed E-state index contributed by atoms with van der Waals surface area (Å²) in [5, 5.41) is 10.1. The SMILES string of the molecule is Cc1cccc(-c2ccc(COc3cn[nH]n3)cc2)c1. The first kappa shape index (κ1) is 12.4. The van der Waals surface area contributed by atoms with Crippen LogP contribution in [0.1, 0.15) is 11.1 Å². The maximum atomic E-state index is 5.49. The fourth-order valence-electron chi connectivity index (χ4n) is 2.04. The topological polar surface area (TPSA) is 50.8 Å². The first-order chi connectivity index (χ1) is 9.81. The van der Waals surface area contributed by atoms with E-state index in [-0.39, 0.29) is 0 Å². The zero-order chi connectivity index (χ0) is 13.8. The summed E-state index contributed by atoms with van der Waals surface area (Å²) in [6, 6.07) is 16.8. The van der Waals surface area contributed by atoms with Crippen LogP contribution in [-0.4, -0.2) is 15.4 Å². The molecule has 20 heavy (non-hydrogen) atoms. The van der Waals surface area contributed by atoms with Gasteiger partial charge in [0.05, 0.1) is 0 Å². The molecule has 0 saturated heterocycles. The largest absolute Gasteiger partial charge is 0.471 e. The van der Waals surface area contributed by atoms with E-state index in [1.54, 1.807) is 6.20 Å². The Hall–Kier alpha value is -2.62. The van der Waals surface area contributed by atoms with E-state index in [1.165, 1.54) is 16.7 Å². The molecule has 0 amide bonds. The molecule has 1 aromatic heterocycles. The molecule has 0 radical (unpaired) electrons. The molecule has 0 spiro atoms. The van der Waals surface area contributed by atoms with Crippen LogP contribution in [0.2, 0.25) is 0 Å². The summed E-state index contributed by atoms with van der Waals surface area (Å²) in [6.07, 6.45) is 1.56. The van der Waals surface area contributed by atoms with Crippen LogP contribution >= 0.6 is 0 Å². The number of nitrogens with one attached hydrogen (secondary N) is 1. The van der Waals surface area contributed by atoms with Crippen molar-refractivity contribution in [1.82, 2.24) is 15.4 Å². The van der Waals surface area contributed by atoms with E-state index in [4.69, 9.17) is 4.74 Å². The van der Waals surface area contributed by atoms with Gasteiger partial charge in [0, 0.05) is 0 Å². The molecule has 4 nitrogen and oxygen atoms in total. The highest BCUT2D eigenvalue weighted by Crippen LogP contribution is 2.21. The van der Waals surface area contributed by atoms with Gasteiger partial charge in [-0.15, -0.1) is 5.10 Å². The molecule has 0 unspecified atom stereocenters. The lowest BCUT2D eigenvalue weighted by Crippen LogP contribution is -1.95. The average Bonchev–Trinajstić information content (AvgIpc) is 2.99. The van der Waals surface area contributed by atoms with Crippen LogP contribution in [0, 0.1) is 6.92 Å². The smallest absolute Gasteiger partial charge is 0.253 e. The maximum Gasteiger partial charge on any atom is 0.253 e. The fraction of sp³-hybridized carbons (Fsp3) is 0.125. The van der Waals surface area contributed by atoms with Crippen molar-refractivity contribution in [3.8, 4) is 17.0 Å². The van der Waals surface area contributed by atoms with Gasteiger partial charge in [-0.2, -0.15) is 10.3 Å². The number of benzene rings is 2. The highest BCUT2D eigenvalue weighted by atomic mass is 16.5. The second-order valence-corrected chi connectivity index (χ2v) is 4.66. The summed E-state index contributed by atoms with van der Waals surface area (Å²) in [7, 11) is 0. The van der Waals surface area contributed by atoms with Crippen molar-refractivity contribution in [3.63, 3.8) is 0 Å². The summed E-state index contributed by atoms with van der Waals surface area (Å²) in [5.41, 5.74) is 4.80. The third kappa shape index (κ3) is 2.85. The van der Waals surface area contributed by atoms with Gasteiger partial charge < -0.3 is 4.74 Å². The minimum atomic E-state index is 0.487. The molecule has 0 aliphatic rings. The summed E-state index contributed by atoms with van der Waals surface area (Å²) in [4.78, 5) is 0. The number of aromatic nitrogens is 3. The maximum absolute atomic E-state index is 5.49. The van der Waals surface area contributed by atoms with Crippen LogP contribution in [0.15, 0.2) is 54.7 Å². The lowest BCUT2D eigenvalue weighted by molar-refractivity contribution is 0.293. The number of hydrogen-bond acceptors (Lipinski definition) is 3. The molecule has 0 atom stereocenters. The van der Waals surface area contributed by atoms with Gasteiger partial charge in [0.1, 0.15) is 12.8 Å². The molecule has 2 aromatic carbocycles. The second-order valence-electron chi connectivity index (χ2n) is 4.66. The van der Waals surface area contributed by atoms with Crippen molar-refractivity contribution in [3.05, 3.63) is 65.9 Å². The number of hydrogen-bond donors (Lipinski definition) is 1. The van der Waals surface area contributed by atoms with Crippen LogP contribution in [0.3, 0.4) is 0 Å². The van der Waals surface area contributed by atoms with E-state index in [0.717, 1.165) is 5.56 Å². The van der Waals surface area contributed by atoms with Gasteiger partial charge in [0.25, 0.3) is 5.88 Å². The lowest BCUT2D eigenvalue weighted by Gasteiger charge is -2.06. The molecule has 1 N–H and O–H groups in total. The van der Waals surface area contributed by atoms with Gasteiger partial charge in [-0.3, -0.25) is 0 Å². The van der Waals surface area contributed by atoms with Crippen LogP contribution in [-0.2, 0) is 6.61 Å². The Labute approximate surface area is 117 Å². The third-order valence-electron chi connectivity index (χ3n) is 3.08. The van der Waals surface area contributed by atoms with E-state index in [0.29, 0.717) is 12.5 Å². The number of aromatic amines is 1. The summed E-state index contributed by atoms with van der Waals surface area (Å²) < 4.78 is 5.49. The molecule has 0 aliphatic heterocycles. The standard InChI is InChI=1S/C16H15N3O/c1-12-3-2-4-15(9-12)14-7-5-13(6-8-14)11-20-16-10-17-19-18-16/h2-10H,11H2,1H3,(H,17,18,19). The first-order valence-electron chi connectivity index (χ1n) is 6.46. The third-order valence-corrected chi connectivity index (χ3v) is 3.08. The van der Waals surface area contributed by atoms with Crippen molar-refractivity contribution in [2.75, 3.05) is 0 Å². The monoisotopic (exact) mass is 265 g/mol. The van der Waals surface area contributed by atoms with Gasteiger partial charge in [-0.1, -0.05) is 54.1 Å². The summed E-state index contributed by atoms with van der Waals surface area (Å²) >= 11 is 0. The Balaban J connectivity index is 1.71. The average molecular weight is 265 g/mol. The summed E-state index contributed by atoms with van der Waals surface area (Å²) in [5.74, 6) is 0.507. The lowest BCUT2D eigenvalue weighted by atomic mass is 10.0. The van der Waals surface area contributed by atoms with Crippen molar-refractivity contribution in [2.24, 2.45) is 0 Å². The molecule has 0 fully saturated rings. The Morgan fingerprint density at radius 2 is 1.90 bits per heavy atom. The van der Waals surface area contributed by atoms with E-state index < -0.39 is 0 Å². The van der Waals surface area contributed by atoms with Crippen molar-refractivity contribution in [2.45, 2.75) is 13.5 Å². The predicted molar refractivity (Wildman–Crippen MR) is 77.3 cm³/mol. The van der Waals surface area contributed by atoms with Crippen LogP contribution in [0.4, 0.5) is 0 Å². The molecule has 4 heteroatoms. The summed E-state index contributed by atoms with van der Waals surface area (Å²) in [6.45, 7) is 2.59. The second kappa shape index (κ2) is 5.57. The minimum Gasteiger partial charge on any atom is -0.471 e. The van der Waals surface area contributed by atoms with Crippen LogP contribution in [0.25, 0.3) is 11.1 Å². The Kier molecular flexibility index (Phi) is 3.46. The molecule has 0 saturated carbocycles. The fourth-order valence-corrected chi connectivity index (χ4v) is 2.04. The van der Waals surface area contributed by atoms with Gasteiger partial charge in [0.15, 0.2) is 0 Å². The number of nitrogens with zero attached hydrogens (tertiary/aromatic N) is 2. The molecular weight excluding hydrogens is 250 g/mol. The Morgan fingerprint density at radius 3 is 2.60 bits per heavy atom. The predicted octanol–water partition coefficient (Wildman–Crippen LogP) is 3.36. The number of aryl methyl sites for hydroxylation is 1. The quantitative estimate of drug-likeness (QED) is 0.787. The van der Waals surface area contributed by atoms with E-state index in [9.17, 15) is 0 Å². The molecule has 1 heterocycles. The number of ether oxygens (including phenoxy) is 1. The molecule has 3 aromatic rings. The molecule has 3 rings (SSSR count). The van der Waals surface area contributed by atoms with Crippen LogP contribution in [0.5, 0.6) is 5.88 Å². The first-order valence-corrected chi connectivity index (χ1v) is 6.46. The van der Waals surface area contributed by atoms with Gasteiger partial charge in [-0.05, 0) is 23.6 Å². The van der Waals surface area contributed by atoms with Crippen molar-refractivity contribution in [1.29, 1.82) is 0 Å². The zero-order valence-electron chi connectivity index (χ0n) is 11.2. The number of H-pyrrole nitrogens is 1. The normalized spacial score (nSPS) is 10.4. The highest BCUT2D eigenvalue weighted by molar-refractivity contribution is 5.64. The van der Waals surface area contributed by atoms with Crippen molar-refractivity contribution >= 4 is 0 Å². The van der Waals surface area contributed by atoms with Gasteiger partial charge in [-0.25, -0.2) is 0 Å². The molecule has 100 valence electrons. The number of rotatable bonds is 4. The molecule has 0 aliphatic carbocycles. The van der Waals surface area contributed by atoms with Crippen molar-refractivity contribution < 1.29 is 4.74 Å². The van der Waals surface area contributed by atoms with E-state index in [2.05, 4.69) is 70.9 Å². The highest BCUT2D eigenvalue weighted by Gasteiger charge is 2.00. The zero-order valence-corrected chi connectivity index (χ0v) is 11.2. The Morgan fingerprint density at radius 1 is 1.05 bits per heavy atom. The van der Waals surface area contributed by atoms with Crippen LogP contribution < -0.4 is 4.74 Å². The van der Waals surface area contributed by atoms with E-state index in [1.807, 2.05) is 0 Å². The molecular formula is C16H15N3O.